The van der Waals surface area contributed by atoms with Crippen LogP contribution < -0.4 is 27.2 Å². The van der Waals surface area contributed by atoms with Gasteiger partial charge in [0.1, 0.15) is 11.6 Å². The van der Waals surface area contributed by atoms with Gasteiger partial charge in [0.2, 0.25) is 5.52 Å². The summed E-state index contributed by atoms with van der Waals surface area (Å²) in [5.74, 6) is 0. The van der Waals surface area contributed by atoms with Crippen molar-refractivity contribution >= 4 is 34.0 Å². The summed E-state index contributed by atoms with van der Waals surface area (Å²) in [7, 11) is 4.14. The molecule has 1 aromatic heterocycles. The number of fused-ring (bicyclic) bond motifs is 1. The Morgan fingerprint density at radius 1 is 1.32 bits per heavy atom. The number of quaternary nitrogens is 1. The van der Waals surface area contributed by atoms with E-state index in [4.69, 9.17) is 11.6 Å². The zero-order valence-electron chi connectivity index (χ0n) is 15.3. The SMILES string of the molecule is C[N+](C)(CCNc1c([N+](=O)[O-])c(Cl)cc2c1no[n+]2[O-])Cc1ccccc1.[Br-]. The van der Waals surface area contributed by atoms with E-state index in [1.165, 1.54) is 11.6 Å². The van der Waals surface area contributed by atoms with Crippen LogP contribution in [-0.4, -0.2) is 41.7 Å². The fourth-order valence-corrected chi connectivity index (χ4v) is 3.22. The molecule has 0 amide bonds. The minimum atomic E-state index is -0.599. The zero-order chi connectivity index (χ0) is 19.6. The summed E-state index contributed by atoms with van der Waals surface area (Å²) in [5.41, 5.74) is 1.06. The summed E-state index contributed by atoms with van der Waals surface area (Å²) in [6.45, 7) is 1.90. The molecule has 3 aromatic rings. The first-order valence-electron chi connectivity index (χ1n) is 8.24. The summed E-state index contributed by atoms with van der Waals surface area (Å²) in [6.07, 6.45) is 0. The molecule has 0 aliphatic rings. The fourth-order valence-electron chi connectivity index (χ4n) is 2.96. The highest BCUT2D eigenvalue weighted by molar-refractivity contribution is 6.34. The van der Waals surface area contributed by atoms with Crippen LogP contribution in [0.25, 0.3) is 11.0 Å². The molecule has 28 heavy (non-hydrogen) atoms. The molecule has 0 saturated heterocycles. The predicted octanol–water partition coefficient (Wildman–Crippen LogP) is -0.285. The quantitative estimate of drug-likeness (QED) is 0.219. The van der Waals surface area contributed by atoms with Crippen molar-refractivity contribution in [1.29, 1.82) is 0 Å². The van der Waals surface area contributed by atoms with Gasteiger partial charge in [-0.15, -0.1) is 0 Å². The molecule has 0 aliphatic carbocycles. The van der Waals surface area contributed by atoms with E-state index in [2.05, 4.69) is 41.3 Å². The van der Waals surface area contributed by atoms with Crippen LogP contribution in [0.1, 0.15) is 5.56 Å². The number of nitro groups is 1. The molecular formula is C17H19BrClN5O4. The van der Waals surface area contributed by atoms with Gasteiger partial charge >= 0.3 is 5.69 Å². The van der Waals surface area contributed by atoms with E-state index in [0.29, 0.717) is 17.6 Å². The number of hydrogen-bond donors (Lipinski definition) is 1. The summed E-state index contributed by atoms with van der Waals surface area (Å²) in [4.78, 5) is 11.0. The van der Waals surface area contributed by atoms with Crippen molar-refractivity contribution in [1.82, 2.24) is 5.16 Å². The number of hydrogen-bond acceptors (Lipinski definition) is 6. The van der Waals surface area contributed by atoms with Gasteiger partial charge in [0, 0.05) is 16.8 Å². The van der Waals surface area contributed by atoms with Gasteiger partial charge < -0.3 is 32.0 Å². The maximum Gasteiger partial charge on any atom is 0.315 e. The normalized spacial score (nSPS) is 11.2. The summed E-state index contributed by atoms with van der Waals surface area (Å²) >= 11 is 6.00. The highest BCUT2D eigenvalue weighted by atomic mass is 79.9. The number of nitrogens with zero attached hydrogens (tertiary/aromatic N) is 4. The lowest BCUT2D eigenvalue weighted by Gasteiger charge is -2.30. The standard InChI is InChI=1S/C17H19ClN5O4.BrH/c1-23(2,11-12-6-4-3-5-7-12)9-8-19-16-15-14(22(26)27-20-15)10-13(18)17(16)21(24)25;/h3-7,10,19H,8-9,11H2,1-2H3;1H/q+1;/p-1. The second-order valence-electron chi connectivity index (χ2n) is 6.87. The van der Waals surface area contributed by atoms with Crippen LogP contribution in [-0.2, 0) is 6.54 Å². The summed E-state index contributed by atoms with van der Waals surface area (Å²) < 4.78 is 5.22. The zero-order valence-corrected chi connectivity index (χ0v) is 17.6. The lowest BCUT2D eigenvalue weighted by atomic mass is 10.2. The van der Waals surface area contributed by atoms with Gasteiger partial charge in [-0.1, -0.05) is 41.9 Å². The van der Waals surface area contributed by atoms with Gasteiger partial charge in [0.15, 0.2) is 5.69 Å². The number of aromatic nitrogens is 2. The molecule has 0 radical (unpaired) electrons. The van der Waals surface area contributed by atoms with Crippen molar-refractivity contribution < 1.29 is 35.9 Å². The Morgan fingerprint density at radius 3 is 2.64 bits per heavy atom. The van der Waals surface area contributed by atoms with E-state index < -0.39 is 4.92 Å². The second kappa shape index (κ2) is 8.72. The van der Waals surface area contributed by atoms with Gasteiger partial charge in [-0.25, -0.2) is 0 Å². The Hall–Kier alpha value is -2.43. The largest absolute Gasteiger partial charge is 1.00 e. The first-order chi connectivity index (χ1) is 12.8. The van der Waals surface area contributed by atoms with E-state index in [9.17, 15) is 15.3 Å². The molecule has 0 bridgehead atoms. The van der Waals surface area contributed by atoms with Gasteiger partial charge in [0.05, 0.1) is 32.1 Å². The third-order valence-electron chi connectivity index (χ3n) is 4.26. The van der Waals surface area contributed by atoms with Crippen molar-refractivity contribution in [3.8, 4) is 0 Å². The van der Waals surface area contributed by atoms with E-state index in [-0.39, 0.29) is 49.3 Å². The van der Waals surface area contributed by atoms with E-state index in [0.717, 1.165) is 6.54 Å². The Kier molecular flexibility index (Phi) is 6.81. The number of halogens is 2. The molecule has 0 spiro atoms. The average Bonchev–Trinajstić information content (AvgIpc) is 2.95. The van der Waals surface area contributed by atoms with Crippen molar-refractivity contribution in [3.05, 3.63) is 62.3 Å². The lowest BCUT2D eigenvalue weighted by molar-refractivity contribution is -0.902. The Bertz CT molecular complexity index is 981. The van der Waals surface area contributed by atoms with Gasteiger partial charge in [-0.05, 0) is 4.90 Å². The minimum Gasteiger partial charge on any atom is -1.00 e. The van der Waals surface area contributed by atoms with Crippen LogP contribution in [0.2, 0.25) is 5.02 Å². The predicted molar refractivity (Wildman–Crippen MR) is 100 cm³/mol. The number of rotatable bonds is 7. The van der Waals surface area contributed by atoms with Crippen molar-refractivity contribution in [2.45, 2.75) is 6.54 Å². The molecule has 1 N–H and O–H groups in total. The number of benzene rings is 2. The van der Waals surface area contributed by atoms with Crippen LogP contribution in [0.5, 0.6) is 0 Å². The van der Waals surface area contributed by atoms with Gasteiger partial charge in [-0.3, -0.25) is 14.7 Å². The topological polar surface area (TPSA) is 108 Å². The third kappa shape index (κ3) is 4.70. The van der Waals surface area contributed by atoms with E-state index in [1.54, 1.807) is 0 Å². The number of anilines is 1. The van der Waals surface area contributed by atoms with Crippen LogP contribution in [0.4, 0.5) is 11.4 Å². The first-order valence-corrected chi connectivity index (χ1v) is 8.62. The summed E-state index contributed by atoms with van der Waals surface area (Å²) in [5, 5.41) is 29.6. The molecule has 0 atom stereocenters. The third-order valence-corrected chi connectivity index (χ3v) is 4.55. The minimum absolute atomic E-state index is 0. The molecule has 9 nitrogen and oxygen atoms in total. The molecule has 3 rings (SSSR count). The molecule has 1 heterocycles. The molecule has 11 heteroatoms. The van der Waals surface area contributed by atoms with Gasteiger partial charge in [-0.2, -0.15) is 0 Å². The summed E-state index contributed by atoms with van der Waals surface area (Å²) in [6, 6.07) is 11.2. The van der Waals surface area contributed by atoms with E-state index in [1.807, 2.05) is 18.2 Å². The highest BCUT2D eigenvalue weighted by Crippen LogP contribution is 2.37. The number of likely N-dealkylation sites (N-methyl/N-ethyl adjacent to an activating group) is 1. The maximum atomic E-state index is 11.6. The van der Waals surface area contributed by atoms with Gasteiger partial charge in [0.25, 0.3) is 5.52 Å². The lowest BCUT2D eigenvalue weighted by Crippen LogP contribution is -3.00. The number of nitro benzene ring substituents is 1. The highest BCUT2D eigenvalue weighted by Gasteiger charge is 2.29. The smallest absolute Gasteiger partial charge is 0.315 e. The van der Waals surface area contributed by atoms with Crippen molar-refractivity contribution in [3.63, 3.8) is 0 Å². The number of nitrogens with one attached hydrogen (secondary N) is 1. The molecule has 0 aliphatic heterocycles. The molecule has 2 aromatic carbocycles. The second-order valence-corrected chi connectivity index (χ2v) is 7.27. The van der Waals surface area contributed by atoms with E-state index >= 15 is 0 Å². The molecule has 150 valence electrons. The van der Waals surface area contributed by atoms with Crippen molar-refractivity contribution in [2.24, 2.45) is 0 Å². The van der Waals surface area contributed by atoms with Crippen LogP contribution in [0.15, 0.2) is 41.0 Å². The van der Waals surface area contributed by atoms with Crippen LogP contribution in [0.3, 0.4) is 0 Å². The Morgan fingerprint density at radius 2 is 2.00 bits per heavy atom. The monoisotopic (exact) mass is 471 g/mol. The Balaban J connectivity index is 0.00000280. The fraction of sp³-hybridized carbons (Fsp3) is 0.294. The molecule has 0 unspecified atom stereocenters. The molecule has 0 saturated carbocycles. The van der Waals surface area contributed by atoms with Crippen molar-refractivity contribution in [2.75, 3.05) is 32.5 Å². The first kappa shape index (κ1) is 21.9. The Labute approximate surface area is 176 Å². The average molecular weight is 473 g/mol. The van der Waals surface area contributed by atoms with Crippen LogP contribution in [0, 0.1) is 15.3 Å². The molecule has 0 fully saturated rings. The van der Waals surface area contributed by atoms with Crippen LogP contribution >= 0.6 is 11.6 Å². The molecular weight excluding hydrogens is 454 g/mol. The maximum absolute atomic E-state index is 11.6.